The van der Waals surface area contributed by atoms with E-state index in [4.69, 9.17) is 10.2 Å². The molecule has 4 nitrogen and oxygen atoms in total. The molecule has 0 aliphatic carbocycles. The van der Waals surface area contributed by atoms with E-state index in [1.54, 1.807) is 38.9 Å². The first-order valence-corrected chi connectivity index (χ1v) is 3.62. The Morgan fingerprint density at radius 1 is 1.46 bits per heavy atom. The van der Waals surface area contributed by atoms with Gasteiger partial charge < -0.3 is 10.2 Å². The lowest BCUT2D eigenvalue weighted by Gasteiger charge is -2.13. The molecule has 5 heteroatoms. The van der Waals surface area contributed by atoms with E-state index in [0.29, 0.717) is 0 Å². The molecule has 0 aromatic rings. The van der Waals surface area contributed by atoms with Gasteiger partial charge in [0.15, 0.2) is 0 Å². The molecule has 1 unspecified atom stereocenters. The Kier molecular flexibility index (Phi) is 15.8. The number of likely N-dealkylation sites (N-methyl/N-ethyl adjacent to an activating group) is 1. The molecule has 0 heterocycles. The second-order valence-corrected chi connectivity index (χ2v) is 2.46. The molecule has 0 saturated carbocycles. The normalized spacial score (nSPS) is 11.5. The fourth-order valence-electron chi connectivity index (χ4n) is 0.221. The van der Waals surface area contributed by atoms with Gasteiger partial charge in [0.2, 0.25) is 0 Å². The van der Waals surface area contributed by atoms with Gasteiger partial charge in [0.1, 0.15) is 6.04 Å². The lowest BCUT2D eigenvalue weighted by molar-refractivity contribution is -0.141. The number of allylic oxidation sites excluding steroid dienone is 1. The summed E-state index contributed by atoms with van der Waals surface area (Å²) in [5.74, 6) is -0.782. The molecular formula is C8H19NO3S. The Morgan fingerprint density at radius 2 is 1.77 bits per heavy atom. The van der Waals surface area contributed by atoms with Gasteiger partial charge in [-0.15, -0.1) is 0 Å². The van der Waals surface area contributed by atoms with Crippen molar-refractivity contribution in [2.75, 3.05) is 14.1 Å². The predicted molar refractivity (Wildman–Crippen MR) is 58.6 cm³/mol. The van der Waals surface area contributed by atoms with Crippen LogP contribution in [0.2, 0.25) is 0 Å². The molecule has 2 N–H and O–H groups in total. The zero-order chi connectivity index (χ0) is 10.1. The first kappa shape index (κ1) is 18.2. The van der Waals surface area contributed by atoms with Crippen molar-refractivity contribution in [3.63, 3.8) is 0 Å². The number of hydrogen-bond acceptors (Lipinski definition) is 3. The lowest BCUT2D eigenvalue weighted by Crippen LogP contribution is -2.32. The number of aliphatic hydroxyl groups excluding tert-OH is 1. The SMILES string of the molecule is CC(C(=O)O)N(C)C.CC=CO.S. The quantitative estimate of drug-likeness (QED) is 0.671. The zero-order valence-electron chi connectivity index (χ0n) is 8.48. The Labute approximate surface area is 86.3 Å². The van der Waals surface area contributed by atoms with Gasteiger partial charge in [0, 0.05) is 0 Å². The molecule has 0 radical (unpaired) electrons. The van der Waals surface area contributed by atoms with Crippen LogP contribution in [0.4, 0.5) is 0 Å². The maximum Gasteiger partial charge on any atom is 0.320 e. The van der Waals surface area contributed by atoms with Crippen molar-refractivity contribution in [1.82, 2.24) is 4.90 Å². The molecule has 0 saturated heterocycles. The Hall–Kier alpha value is -0.680. The summed E-state index contributed by atoms with van der Waals surface area (Å²) in [6, 6.07) is -0.380. The highest BCUT2D eigenvalue weighted by atomic mass is 32.1. The van der Waals surface area contributed by atoms with Crippen molar-refractivity contribution in [2.45, 2.75) is 19.9 Å². The van der Waals surface area contributed by atoms with Crippen LogP contribution in [0.25, 0.3) is 0 Å². The van der Waals surface area contributed by atoms with Gasteiger partial charge in [-0.3, -0.25) is 9.69 Å². The summed E-state index contributed by atoms with van der Waals surface area (Å²) < 4.78 is 0. The first-order chi connectivity index (χ1) is 5.47. The van der Waals surface area contributed by atoms with Crippen molar-refractivity contribution in [3.8, 4) is 0 Å². The molecular weight excluding hydrogens is 190 g/mol. The van der Waals surface area contributed by atoms with E-state index >= 15 is 0 Å². The van der Waals surface area contributed by atoms with Gasteiger partial charge in [-0.1, -0.05) is 6.08 Å². The van der Waals surface area contributed by atoms with Crippen LogP contribution < -0.4 is 0 Å². The summed E-state index contributed by atoms with van der Waals surface area (Å²) in [5.41, 5.74) is 0. The number of aliphatic hydroxyl groups is 1. The third-order valence-electron chi connectivity index (χ3n) is 1.28. The molecule has 0 amide bonds. The summed E-state index contributed by atoms with van der Waals surface area (Å²) in [5, 5.41) is 16.0. The summed E-state index contributed by atoms with van der Waals surface area (Å²) in [4.78, 5) is 11.7. The van der Waals surface area contributed by atoms with Crippen LogP contribution in [-0.4, -0.2) is 41.2 Å². The second kappa shape index (κ2) is 11.3. The maximum absolute atomic E-state index is 10.1. The van der Waals surface area contributed by atoms with Crippen LogP contribution in [-0.2, 0) is 4.79 Å². The highest BCUT2D eigenvalue weighted by Gasteiger charge is 2.11. The molecule has 0 bridgehead atoms. The van der Waals surface area contributed by atoms with Crippen LogP contribution in [0.5, 0.6) is 0 Å². The number of carbonyl (C=O) groups is 1. The number of carboxylic acids is 1. The Morgan fingerprint density at radius 3 is 1.77 bits per heavy atom. The molecule has 0 rings (SSSR count). The average Bonchev–Trinajstić information content (AvgIpc) is 2.03. The number of nitrogens with zero attached hydrogens (tertiary/aromatic N) is 1. The average molecular weight is 209 g/mol. The van der Waals surface area contributed by atoms with E-state index in [2.05, 4.69) is 0 Å². The number of carboxylic acid groups (broad SMARTS) is 1. The van der Waals surface area contributed by atoms with Gasteiger partial charge >= 0.3 is 5.97 Å². The van der Waals surface area contributed by atoms with Gasteiger partial charge in [0.25, 0.3) is 0 Å². The number of aliphatic carboxylic acids is 1. The minimum absolute atomic E-state index is 0. The first-order valence-electron chi connectivity index (χ1n) is 3.62. The summed E-state index contributed by atoms with van der Waals surface area (Å²) in [7, 11) is 3.47. The Balaban J connectivity index is -0.000000173. The standard InChI is InChI=1S/C5H11NO2.C3H6O.H2S/c1-4(5(7)8)6(2)3;1-2-3-4;/h4H,1-3H3,(H,7,8);2-4H,1H3;1H2. The second-order valence-electron chi connectivity index (χ2n) is 2.46. The van der Waals surface area contributed by atoms with Gasteiger partial charge in [-0.2, -0.15) is 13.5 Å². The van der Waals surface area contributed by atoms with Crippen LogP contribution in [0.1, 0.15) is 13.8 Å². The highest BCUT2D eigenvalue weighted by molar-refractivity contribution is 7.59. The summed E-state index contributed by atoms with van der Waals surface area (Å²) >= 11 is 0. The van der Waals surface area contributed by atoms with Crippen LogP contribution in [0, 0.1) is 0 Å². The van der Waals surface area contributed by atoms with E-state index in [1.807, 2.05) is 0 Å². The van der Waals surface area contributed by atoms with Crippen LogP contribution in [0.15, 0.2) is 12.3 Å². The molecule has 13 heavy (non-hydrogen) atoms. The largest absolute Gasteiger partial charge is 0.516 e. The van der Waals surface area contributed by atoms with E-state index in [0.717, 1.165) is 6.26 Å². The third kappa shape index (κ3) is 14.2. The lowest BCUT2D eigenvalue weighted by atomic mass is 10.3. The van der Waals surface area contributed by atoms with E-state index in [-0.39, 0.29) is 19.5 Å². The highest BCUT2D eigenvalue weighted by Crippen LogP contribution is 1.88. The maximum atomic E-state index is 10.1. The molecule has 0 spiro atoms. The molecule has 80 valence electrons. The molecule has 0 fully saturated rings. The van der Waals surface area contributed by atoms with E-state index < -0.39 is 5.97 Å². The van der Waals surface area contributed by atoms with Crippen molar-refractivity contribution in [1.29, 1.82) is 0 Å². The molecule has 0 aromatic carbocycles. The smallest absolute Gasteiger partial charge is 0.320 e. The van der Waals surface area contributed by atoms with E-state index in [9.17, 15) is 4.79 Å². The molecule has 0 aromatic heterocycles. The fraction of sp³-hybridized carbons (Fsp3) is 0.625. The van der Waals surface area contributed by atoms with E-state index in [1.165, 1.54) is 0 Å². The van der Waals surface area contributed by atoms with Crippen LogP contribution in [0.3, 0.4) is 0 Å². The summed E-state index contributed by atoms with van der Waals surface area (Å²) in [6.45, 7) is 3.39. The molecule has 0 aliphatic rings. The van der Waals surface area contributed by atoms with Crippen molar-refractivity contribution in [3.05, 3.63) is 12.3 Å². The fourth-order valence-corrected chi connectivity index (χ4v) is 0.221. The van der Waals surface area contributed by atoms with Gasteiger partial charge in [-0.05, 0) is 27.9 Å². The number of hydrogen-bond donors (Lipinski definition) is 2. The minimum Gasteiger partial charge on any atom is -0.516 e. The summed E-state index contributed by atoms with van der Waals surface area (Å²) in [6.07, 6.45) is 2.56. The van der Waals surface area contributed by atoms with Crippen LogP contribution >= 0.6 is 13.5 Å². The zero-order valence-corrected chi connectivity index (χ0v) is 9.48. The topological polar surface area (TPSA) is 60.8 Å². The van der Waals surface area contributed by atoms with Crippen molar-refractivity contribution >= 4 is 19.5 Å². The third-order valence-corrected chi connectivity index (χ3v) is 1.28. The van der Waals surface area contributed by atoms with Crippen molar-refractivity contribution in [2.24, 2.45) is 0 Å². The monoisotopic (exact) mass is 209 g/mol. The molecule has 1 atom stereocenters. The number of rotatable bonds is 2. The minimum atomic E-state index is -0.782. The molecule has 0 aliphatic heterocycles. The Bertz CT molecular complexity index is 144. The van der Waals surface area contributed by atoms with Gasteiger partial charge in [0.05, 0.1) is 6.26 Å². The predicted octanol–water partition coefficient (Wildman–Crippen LogP) is 1.21. The van der Waals surface area contributed by atoms with Crippen molar-refractivity contribution < 1.29 is 15.0 Å². The van der Waals surface area contributed by atoms with Gasteiger partial charge in [-0.25, -0.2) is 0 Å².